The van der Waals surface area contributed by atoms with Crippen LogP contribution in [-0.4, -0.2) is 71.0 Å². The number of carboxylic acids is 1. The van der Waals surface area contributed by atoms with Gasteiger partial charge in [-0.25, -0.2) is 0 Å². The molecule has 2 aliphatic carbocycles. The van der Waals surface area contributed by atoms with Gasteiger partial charge in [0.2, 0.25) is 11.8 Å². The Bertz CT molecular complexity index is 554. The van der Waals surface area contributed by atoms with E-state index in [0.717, 1.165) is 12.8 Å². The fourth-order valence-corrected chi connectivity index (χ4v) is 3.42. The van der Waals surface area contributed by atoms with E-state index < -0.39 is 11.4 Å². The SMILES string of the molecule is CC(C(=O)NC1CC1)N1CCN(C(=O)C2(C(=O)O)CC=CC2)CC1. The summed E-state index contributed by atoms with van der Waals surface area (Å²) < 4.78 is 0. The summed E-state index contributed by atoms with van der Waals surface area (Å²) in [6.07, 6.45) is 6.19. The number of amides is 2. The van der Waals surface area contributed by atoms with E-state index in [2.05, 4.69) is 10.2 Å². The van der Waals surface area contributed by atoms with Crippen LogP contribution in [0.1, 0.15) is 32.6 Å². The zero-order valence-electron chi connectivity index (χ0n) is 14.0. The van der Waals surface area contributed by atoms with Gasteiger partial charge in [-0.05, 0) is 32.6 Å². The number of rotatable bonds is 5. The molecular formula is C17H25N3O4. The Labute approximate surface area is 141 Å². The summed E-state index contributed by atoms with van der Waals surface area (Å²) in [7, 11) is 0. The summed E-state index contributed by atoms with van der Waals surface area (Å²) in [5.74, 6) is -1.30. The quantitative estimate of drug-likeness (QED) is 0.554. The molecule has 7 heteroatoms. The first-order chi connectivity index (χ1) is 11.4. The highest BCUT2D eigenvalue weighted by Gasteiger charge is 2.49. The van der Waals surface area contributed by atoms with Crippen LogP contribution in [0.4, 0.5) is 0 Å². The largest absolute Gasteiger partial charge is 0.480 e. The third kappa shape index (κ3) is 3.17. The zero-order chi connectivity index (χ0) is 17.3. The fourth-order valence-electron chi connectivity index (χ4n) is 3.42. The second kappa shape index (κ2) is 6.55. The number of piperazine rings is 1. The molecule has 1 unspecified atom stereocenters. The van der Waals surface area contributed by atoms with Crippen LogP contribution in [0.5, 0.6) is 0 Å². The maximum absolute atomic E-state index is 12.7. The zero-order valence-corrected chi connectivity index (χ0v) is 14.0. The van der Waals surface area contributed by atoms with Crippen LogP contribution in [-0.2, 0) is 14.4 Å². The topological polar surface area (TPSA) is 90.0 Å². The molecule has 1 saturated heterocycles. The van der Waals surface area contributed by atoms with Gasteiger partial charge in [0.1, 0.15) is 0 Å². The van der Waals surface area contributed by atoms with E-state index >= 15 is 0 Å². The molecular weight excluding hydrogens is 310 g/mol. The van der Waals surface area contributed by atoms with Crippen molar-refractivity contribution in [1.29, 1.82) is 0 Å². The van der Waals surface area contributed by atoms with E-state index in [4.69, 9.17) is 0 Å². The molecule has 24 heavy (non-hydrogen) atoms. The van der Waals surface area contributed by atoms with E-state index in [9.17, 15) is 19.5 Å². The van der Waals surface area contributed by atoms with Crippen molar-refractivity contribution in [2.45, 2.75) is 44.7 Å². The summed E-state index contributed by atoms with van der Waals surface area (Å²) in [5, 5.41) is 12.5. The molecule has 1 heterocycles. The van der Waals surface area contributed by atoms with Crippen LogP contribution in [0.3, 0.4) is 0 Å². The minimum Gasteiger partial charge on any atom is -0.480 e. The van der Waals surface area contributed by atoms with Gasteiger partial charge in [-0.3, -0.25) is 19.3 Å². The Morgan fingerprint density at radius 3 is 2.21 bits per heavy atom. The molecule has 3 aliphatic rings. The Hall–Kier alpha value is -1.89. The number of nitrogens with one attached hydrogen (secondary N) is 1. The van der Waals surface area contributed by atoms with Gasteiger partial charge in [0.15, 0.2) is 5.41 Å². The number of carbonyl (C=O) groups excluding carboxylic acids is 2. The van der Waals surface area contributed by atoms with Crippen molar-refractivity contribution in [3.8, 4) is 0 Å². The van der Waals surface area contributed by atoms with E-state index in [-0.39, 0.29) is 30.7 Å². The normalized spacial score (nSPS) is 24.6. The van der Waals surface area contributed by atoms with Gasteiger partial charge >= 0.3 is 5.97 Å². The van der Waals surface area contributed by atoms with Crippen molar-refractivity contribution < 1.29 is 19.5 Å². The summed E-state index contributed by atoms with van der Waals surface area (Å²) in [4.78, 5) is 40.2. The third-order valence-electron chi connectivity index (χ3n) is 5.37. The maximum Gasteiger partial charge on any atom is 0.319 e. The minimum atomic E-state index is -1.32. The molecule has 1 atom stereocenters. The number of carboxylic acid groups (broad SMARTS) is 1. The first kappa shape index (κ1) is 17.0. The molecule has 0 aromatic rings. The molecule has 0 radical (unpaired) electrons. The van der Waals surface area contributed by atoms with Crippen LogP contribution in [0.25, 0.3) is 0 Å². The van der Waals surface area contributed by atoms with Crippen molar-refractivity contribution in [3.05, 3.63) is 12.2 Å². The first-order valence-electron chi connectivity index (χ1n) is 8.66. The molecule has 0 aromatic carbocycles. The Balaban J connectivity index is 1.55. The smallest absolute Gasteiger partial charge is 0.319 e. The van der Waals surface area contributed by atoms with Crippen molar-refractivity contribution in [3.63, 3.8) is 0 Å². The fraction of sp³-hybridized carbons (Fsp3) is 0.706. The molecule has 1 aliphatic heterocycles. The lowest BCUT2D eigenvalue weighted by Crippen LogP contribution is -2.58. The molecule has 2 amide bonds. The van der Waals surface area contributed by atoms with Crippen molar-refractivity contribution in [2.75, 3.05) is 26.2 Å². The summed E-state index contributed by atoms with van der Waals surface area (Å²) in [6, 6.07) is 0.123. The summed E-state index contributed by atoms with van der Waals surface area (Å²) in [6.45, 7) is 4.00. The Kier molecular flexibility index (Phi) is 4.62. The number of nitrogens with zero attached hydrogens (tertiary/aromatic N) is 2. The molecule has 132 valence electrons. The monoisotopic (exact) mass is 335 g/mol. The number of aliphatic carboxylic acids is 1. The molecule has 2 N–H and O–H groups in total. The second-order valence-corrected chi connectivity index (χ2v) is 7.05. The minimum absolute atomic E-state index is 0.0410. The second-order valence-electron chi connectivity index (χ2n) is 7.05. The van der Waals surface area contributed by atoms with Gasteiger partial charge in [-0.15, -0.1) is 0 Å². The van der Waals surface area contributed by atoms with Crippen LogP contribution < -0.4 is 5.32 Å². The van der Waals surface area contributed by atoms with Crippen molar-refractivity contribution >= 4 is 17.8 Å². The summed E-state index contributed by atoms with van der Waals surface area (Å²) >= 11 is 0. The lowest BCUT2D eigenvalue weighted by molar-refractivity contribution is -0.161. The molecule has 1 saturated carbocycles. The van der Waals surface area contributed by atoms with Crippen molar-refractivity contribution in [2.24, 2.45) is 5.41 Å². The number of hydrogen-bond acceptors (Lipinski definition) is 4. The van der Waals surface area contributed by atoms with E-state index in [1.54, 1.807) is 17.1 Å². The molecule has 3 rings (SSSR count). The van der Waals surface area contributed by atoms with Crippen LogP contribution >= 0.6 is 0 Å². The van der Waals surface area contributed by atoms with Gasteiger partial charge in [0.25, 0.3) is 0 Å². The van der Waals surface area contributed by atoms with Gasteiger partial charge in [0, 0.05) is 32.2 Å². The van der Waals surface area contributed by atoms with Gasteiger partial charge in [0.05, 0.1) is 6.04 Å². The lowest BCUT2D eigenvalue weighted by atomic mass is 9.83. The summed E-state index contributed by atoms with van der Waals surface area (Å²) in [5.41, 5.74) is -1.32. The number of allylic oxidation sites excluding steroid dienone is 2. The first-order valence-corrected chi connectivity index (χ1v) is 8.66. The third-order valence-corrected chi connectivity index (χ3v) is 5.37. The highest BCUT2D eigenvalue weighted by Crippen LogP contribution is 2.36. The highest BCUT2D eigenvalue weighted by molar-refractivity contribution is 6.02. The van der Waals surface area contributed by atoms with E-state index in [1.165, 1.54) is 0 Å². The van der Waals surface area contributed by atoms with Gasteiger partial charge in [-0.2, -0.15) is 0 Å². The Morgan fingerprint density at radius 1 is 1.12 bits per heavy atom. The van der Waals surface area contributed by atoms with Crippen LogP contribution in [0.2, 0.25) is 0 Å². The van der Waals surface area contributed by atoms with Crippen LogP contribution in [0, 0.1) is 5.41 Å². The molecule has 0 aromatic heterocycles. The van der Waals surface area contributed by atoms with Gasteiger partial charge in [-0.1, -0.05) is 12.2 Å². The predicted octanol–water partition coefficient (Wildman–Crippen LogP) is 0.219. The average molecular weight is 335 g/mol. The van der Waals surface area contributed by atoms with E-state index in [0.29, 0.717) is 32.2 Å². The molecule has 0 bridgehead atoms. The maximum atomic E-state index is 12.7. The average Bonchev–Trinajstić information content (AvgIpc) is 3.25. The van der Waals surface area contributed by atoms with Crippen LogP contribution in [0.15, 0.2) is 12.2 Å². The van der Waals surface area contributed by atoms with E-state index in [1.807, 2.05) is 6.92 Å². The van der Waals surface area contributed by atoms with Crippen molar-refractivity contribution in [1.82, 2.24) is 15.1 Å². The number of carbonyl (C=O) groups is 3. The molecule has 7 nitrogen and oxygen atoms in total. The highest BCUT2D eigenvalue weighted by atomic mass is 16.4. The standard InChI is InChI=1S/C17H25N3O4/c1-12(14(21)18-13-4-5-13)19-8-10-20(11-9-19)15(22)17(16(23)24)6-2-3-7-17/h2-3,12-13H,4-11H2,1H3,(H,18,21)(H,23,24). The lowest BCUT2D eigenvalue weighted by Gasteiger charge is -2.40. The molecule has 2 fully saturated rings. The van der Waals surface area contributed by atoms with Gasteiger partial charge < -0.3 is 15.3 Å². The Morgan fingerprint density at radius 2 is 1.71 bits per heavy atom. The predicted molar refractivity (Wildman–Crippen MR) is 87.2 cm³/mol. The molecule has 0 spiro atoms. The number of hydrogen-bond donors (Lipinski definition) is 2.